The third-order valence-electron chi connectivity index (χ3n) is 4.14. The maximum absolute atomic E-state index is 12.7. The molecule has 1 fully saturated rings. The number of carbonyl (C=O) groups excluding carboxylic acids is 1. The first-order valence-electron chi connectivity index (χ1n) is 8.04. The molecule has 3 rings (SSSR count). The van der Waals surface area contributed by atoms with Gasteiger partial charge in [-0.1, -0.05) is 0 Å². The Bertz CT molecular complexity index is 740. The van der Waals surface area contributed by atoms with Crippen LogP contribution < -0.4 is 9.64 Å². The Morgan fingerprint density at radius 1 is 1.42 bits per heavy atom. The molecule has 0 spiro atoms. The van der Waals surface area contributed by atoms with Crippen LogP contribution in [0.15, 0.2) is 24.5 Å². The number of hydrogen-bond donors (Lipinski definition) is 0. The Balaban J connectivity index is 1.68. The normalized spacial score (nSPS) is 17.2. The van der Waals surface area contributed by atoms with Crippen molar-refractivity contribution in [2.75, 3.05) is 32.1 Å². The second kappa shape index (κ2) is 6.51. The van der Waals surface area contributed by atoms with Crippen LogP contribution in [-0.4, -0.2) is 58.9 Å². The standard InChI is InChI=1S/C17H23N5O2/c1-12-14(11-21(4)19-12)17(23)22-9-7-13(10-22)24-15-6-5-8-18-16(15)20(2)3/h5-6,8,11,13H,7,9-10H2,1-4H3. The SMILES string of the molecule is Cc1nn(C)cc1C(=O)N1CCC(Oc2cccnc2N(C)C)C1. The van der Waals surface area contributed by atoms with Crippen molar-refractivity contribution in [3.05, 3.63) is 35.8 Å². The van der Waals surface area contributed by atoms with Gasteiger partial charge in [0.2, 0.25) is 0 Å². The van der Waals surface area contributed by atoms with Crippen molar-refractivity contribution in [3.8, 4) is 5.75 Å². The van der Waals surface area contributed by atoms with Crippen molar-refractivity contribution in [2.24, 2.45) is 7.05 Å². The van der Waals surface area contributed by atoms with Crippen LogP contribution in [0.1, 0.15) is 22.5 Å². The van der Waals surface area contributed by atoms with Gasteiger partial charge in [-0.05, 0) is 19.1 Å². The van der Waals surface area contributed by atoms with Crippen LogP contribution in [-0.2, 0) is 7.05 Å². The average molecular weight is 329 g/mol. The number of nitrogens with zero attached hydrogens (tertiary/aromatic N) is 5. The van der Waals surface area contributed by atoms with Gasteiger partial charge >= 0.3 is 0 Å². The Hall–Kier alpha value is -2.57. The smallest absolute Gasteiger partial charge is 0.257 e. The van der Waals surface area contributed by atoms with E-state index in [1.807, 2.05) is 50.0 Å². The molecule has 24 heavy (non-hydrogen) atoms. The molecule has 0 N–H and O–H groups in total. The van der Waals surface area contributed by atoms with Gasteiger partial charge < -0.3 is 14.5 Å². The van der Waals surface area contributed by atoms with E-state index in [2.05, 4.69) is 10.1 Å². The molecular weight excluding hydrogens is 306 g/mol. The number of likely N-dealkylation sites (tertiary alicyclic amines) is 1. The predicted molar refractivity (Wildman–Crippen MR) is 91.4 cm³/mol. The van der Waals surface area contributed by atoms with E-state index in [0.717, 1.165) is 23.7 Å². The number of aryl methyl sites for hydroxylation is 2. The number of anilines is 1. The van der Waals surface area contributed by atoms with Crippen LogP contribution in [0.25, 0.3) is 0 Å². The third kappa shape index (κ3) is 3.20. The molecule has 0 saturated carbocycles. The highest BCUT2D eigenvalue weighted by atomic mass is 16.5. The van der Waals surface area contributed by atoms with Gasteiger partial charge in [-0.3, -0.25) is 9.48 Å². The minimum Gasteiger partial charge on any atom is -0.485 e. The zero-order valence-corrected chi connectivity index (χ0v) is 14.6. The maximum atomic E-state index is 12.7. The molecule has 0 aliphatic carbocycles. The molecule has 0 radical (unpaired) electrons. The number of rotatable bonds is 4. The Morgan fingerprint density at radius 2 is 2.21 bits per heavy atom. The van der Waals surface area contributed by atoms with Crippen molar-refractivity contribution in [3.63, 3.8) is 0 Å². The molecule has 2 aromatic heterocycles. The van der Waals surface area contributed by atoms with E-state index in [0.29, 0.717) is 18.7 Å². The summed E-state index contributed by atoms with van der Waals surface area (Å²) in [5, 5.41) is 4.25. The summed E-state index contributed by atoms with van der Waals surface area (Å²) < 4.78 is 7.77. The molecule has 1 aliphatic rings. The van der Waals surface area contributed by atoms with Crippen molar-refractivity contribution in [1.82, 2.24) is 19.7 Å². The van der Waals surface area contributed by atoms with Crippen molar-refractivity contribution in [1.29, 1.82) is 0 Å². The number of carbonyl (C=O) groups is 1. The summed E-state index contributed by atoms with van der Waals surface area (Å²) in [6.45, 7) is 3.13. The number of pyridine rings is 1. The summed E-state index contributed by atoms with van der Waals surface area (Å²) in [7, 11) is 5.69. The molecule has 0 aromatic carbocycles. The van der Waals surface area contributed by atoms with E-state index in [9.17, 15) is 4.79 Å². The first kappa shape index (κ1) is 16.3. The van der Waals surface area contributed by atoms with E-state index < -0.39 is 0 Å². The summed E-state index contributed by atoms with van der Waals surface area (Å²) >= 11 is 0. The summed E-state index contributed by atoms with van der Waals surface area (Å²) in [4.78, 5) is 20.8. The minimum absolute atomic E-state index is 0.0192. The van der Waals surface area contributed by atoms with Crippen LogP contribution in [0, 0.1) is 6.92 Å². The molecule has 1 aliphatic heterocycles. The molecule has 1 unspecified atom stereocenters. The van der Waals surface area contributed by atoms with E-state index in [-0.39, 0.29) is 12.0 Å². The lowest BCUT2D eigenvalue weighted by Crippen LogP contribution is -2.31. The van der Waals surface area contributed by atoms with E-state index in [1.54, 1.807) is 17.1 Å². The van der Waals surface area contributed by atoms with Crippen LogP contribution >= 0.6 is 0 Å². The summed E-state index contributed by atoms with van der Waals surface area (Å²) in [5.41, 5.74) is 1.42. The zero-order valence-electron chi connectivity index (χ0n) is 14.6. The van der Waals surface area contributed by atoms with E-state index in [4.69, 9.17) is 4.74 Å². The largest absolute Gasteiger partial charge is 0.485 e. The lowest BCUT2D eigenvalue weighted by molar-refractivity contribution is 0.0771. The van der Waals surface area contributed by atoms with Crippen molar-refractivity contribution < 1.29 is 9.53 Å². The van der Waals surface area contributed by atoms with Gasteiger partial charge in [0, 0.05) is 46.5 Å². The second-order valence-corrected chi connectivity index (χ2v) is 6.30. The van der Waals surface area contributed by atoms with Crippen LogP contribution in [0.5, 0.6) is 5.75 Å². The monoisotopic (exact) mass is 329 g/mol. The molecule has 3 heterocycles. The molecule has 128 valence electrons. The fourth-order valence-electron chi connectivity index (χ4n) is 2.98. The zero-order chi connectivity index (χ0) is 17.3. The van der Waals surface area contributed by atoms with Gasteiger partial charge in [0.25, 0.3) is 5.91 Å². The van der Waals surface area contributed by atoms with Gasteiger partial charge in [-0.15, -0.1) is 0 Å². The predicted octanol–water partition coefficient (Wildman–Crippen LogP) is 1.48. The van der Waals surface area contributed by atoms with Crippen LogP contribution in [0.4, 0.5) is 5.82 Å². The van der Waals surface area contributed by atoms with E-state index in [1.165, 1.54) is 0 Å². The second-order valence-electron chi connectivity index (χ2n) is 6.30. The molecule has 1 atom stereocenters. The van der Waals surface area contributed by atoms with Gasteiger partial charge in [0.05, 0.1) is 17.8 Å². The van der Waals surface area contributed by atoms with Gasteiger partial charge in [0.15, 0.2) is 11.6 Å². The Kier molecular flexibility index (Phi) is 4.42. The Morgan fingerprint density at radius 3 is 2.88 bits per heavy atom. The van der Waals surface area contributed by atoms with E-state index >= 15 is 0 Å². The minimum atomic E-state index is -0.0196. The van der Waals surface area contributed by atoms with Crippen molar-refractivity contribution in [2.45, 2.75) is 19.4 Å². The van der Waals surface area contributed by atoms with Crippen LogP contribution in [0.2, 0.25) is 0 Å². The first-order chi connectivity index (χ1) is 11.5. The molecular formula is C17H23N5O2. The quantitative estimate of drug-likeness (QED) is 0.850. The van der Waals surface area contributed by atoms with Gasteiger partial charge in [-0.25, -0.2) is 4.98 Å². The maximum Gasteiger partial charge on any atom is 0.257 e. The lowest BCUT2D eigenvalue weighted by atomic mass is 10.2. The molecule has 1 amide bonds. The van der Waals surface area contributed by atoms with Crippen LogP contribution in [0.3, 0.4) is 0 Å². The average Bonchev–Trinajstić information content (AvgIpc) is 3.13. The molecule has 0 bridgehead atoms. The number of aromatic nitrogens is 3. The third-order valence-corrected chi connectivity index (χ3v) is 4.14. The topological polar surface area (TPSA) is 63.5 Å². The number of hydrogen-bond acceptors (Lipinski definition) is 5. The number of ether oxygens (including phenoxy) is 1. The highest BCUT2D eigenvalue weighted by Crippen LogP contribution is 2.27. The highest BCUT2D eigenvalue weighted by Gasteiger charge is 2.30. The lowest BCUT2D eigenvalue weighted by Gasteiger charge is -2.20. The van der Waals surface area contributed by atoms with Crippen molar-refractivity contribution >= 4 is 11.7 Å². The highest BCUT2D eigenvalue weighted by molar-refractivity contribution is 5.95. The summed E-state index contributed by atoms with van der Waals surface area (Å²) in [6, 6.07) is 3.78. The molecule has 2 aromatic rings. The molecule has 7 nitrogen and oxygen atoms in total. The van der Waals surface area contributed by atoms with Gasteiger partial charge in [-0.2, -0.15) is 5.10 Å². The molecule has 1 saturated heterocycles. The first-order valence-corrected chi connectivity index (χ1v) is 8.04. The summed E-state index contributed by atoms with van der Waals surface area (Å²) in [6.07, 6.45) is 4.32. The van der Waals surface area contributed by atoms with Gasteiger partial charge in [0.1, 0.15) is 6.10 Å². The fraction of sp³-hybridized carbons (Fsp3) is 0.471. The number of amides is 1. The molecule has 7 heteroatoms. The Labute approximate surface area is 141 Å². The summed E-state index contributed by atoms with van der Waals surface area (Å²) in [5.74, 6) is 1.57. The fourth-order valence-corrected chi connectivity index (χ4v) is 2.98.